The Labute approximate surface area is 153 Å². The molecular formula is C18H28N4O4. The highest BCUT2D eigenvalue weighted by molar-refractivity contribution is 5.83. The first-order chi connectivity index (χ1) is 12.3. The van der Waals surface area contributed by atoms with Crippen molar-refractivity contribution < 1.29 is 14.3 Å². The Bertz CT molecular complexity index is 701. The molecule has 1 aliphatic rings. The van der Waals surface area contributed by atoms with E-state index in [1.807, 2.05) is 18.7 Å². The number of nitrogens with zero attached hydrogens (tertiary/aromatic N) is 1. The van der Waals surface area contributed by atoms with Gasteiger partial charge in [0.25, 0.3) is 0 Å². The smallest absolute Gasteiger partial charge is 0.237 e. The molecule has 0 aromatic carbocycles. The number of aromatic amines is 1. The molecule has 2 atom stereocenters. The van der Waals surface area contributed by atoms with Crippen molar-refractivity contribution in [3.63, 3.8) is 0 Å². The van der Waals surface area contributed by atoms with Gasteiger partial charge in [-0.25, -0.2) is 0 Å². The average molecular weight is 364 g/mol. The maximum atomic E-state index is 12.6. The fraction of sp³-hybridized carbons (Fsp3) is 0.611. The second-order valence-electron chi connectivity index (χ2n) is 6.85. The molecule has 144 valence electrons. The largest absolute Gasteiger partial charge is 0.491 e. The van der Waals surface area contributed by atoms with Gasteiger partial charge in [-0.3, -0.25) is 19.3 Å². The summed E-state index contributed by atoms with van der Waals surface area (Å²) >= 11 is 0. The van der Waals surface area contributed by atoms with E-state index >= 15 is 0 Å². The van der Waals surface area contributed by atoms with Gasteiger partial charge in [0.1, 0.15) is 0 Å². The summed E-state index contributed by atoms with van der Waals surface area (Å²) in [7, 11) is 1.44. The van der Waals surface area contributed by atoms with E-state index in [4.69, 9.17) is 4.74 Å². The van der Waals surface area contributed by atoms with E-state index in [9.17, 15) is 14.4 Å². The Kier molecular flexibility index (Phi) is 6.79. The molecule has 1 aliphatic heterocycles. The van der Waals surface area contributed by atoms with Crippen LogP contribution in [0.25, 0.3) is 0 Å². The lowest BCUT2D eigenvalue weighted by Gasteiger charge is -2.24. The second kappa shape index (κ2) is 8.84. The van der Waals surface area contributed by atoms with Crippen LogP contribution in [0.1, 0.15) is 39.3 Å². The first kappa shape index (κ1) is 20.0. The quantitative estimate of drug-likeness (QED) is 0.649. The van der Waals surface area contributed by atoms with Crippen LogP contribution >= 0.6 is 0 Å². The third-order valence-electron chi connectivity index (χ3n) is 4.35. The van der Waals surface area contributed by atoms with Crippen LogP contribution in [0.5, 0.6) is 5.75 Å². The second-order valence-corrected chi connectivity index (χ2v) is 6.85. The molecule has 1 aromatic heterocycles. The molecule has 0 spiro atoms. The van der Waals surface area contributed by atoms with E-state index in [-0.39, 0.29) is 41.1 Å². The van der Waals surface area contributed by atoms with Gasteiger partial charge in [-0.05, 0) is 20.3 Å². The zero-order valence-corrected chi connectivity index (χ0v) is 15.8. The van der Waals surface area contributed by atoms with Crippen molar-refractivity contribution in [1.82, 2.24) is 20.5 Å². The Morgan fingerprint density at radius 2 is 2.15 bits per heavy atom. The first-order valence-electron chi connectivity index (χ1n) is 8.93. The van der Waals surface area contributed by atoms with Gasteiger partial charge < -0.3 is 20.4 Å². The van der Waals surface area contributed by atoms with Crippen LogP contribution in [0.3, 0.4) is 0 Å². The zero-order chi connectivity index (χ0) is 19.3. The molecule has 1 fully saturated rings. The van der Waals surface area contributed by atoms with E-state index < -0.39 is 0 Å². The maximum Gasteiger partial charge on any atom is 0.237 e. The van der Waals surface area contributed by atoms with Crippen LogP contribution in [0, 0.1) is 0 Å². The van der Waals surface area contributed by atoms with Crippen molar-refractivity contribution in [1.29, 1.82) is 0 Å². The van der Waals surface area contributed by atoms with Gasteiger partial charge in [0.05, 0.1) is 13.2 Å². The minimum atomic E-state index is -0.356. The molecule has 1 saturated heterocycles. The van der Waals surface area contributed by atoms with Crippen LogP contribution in [0.15, 0.2) is 17.1 Å². The summed E-state index contributed by atoms with van der Waals surface area (Å²) in [4.78, 5) is 41.3. The van der Waals surface area contributed by atoms with Gasteiger partial charge in [-0.15, -0.1) is 0 Å². The van der Waals surface area contributed by atoms with Crippen molar-refractivity contribution in [2.75, 3.05) is 13.7 Å². The number of methoxy groups -OCH3 is 1. The minimum absolute atomic E-state index is 0.0299. The SMILES string of the molecule is CCC(=O)N[C@@H]1C[C@@H](C(=O)NC(C)C)N(Cc2cc(=O)c(OC)c[nH]2)C1. The van der Waals surface area contributed by atoms with Gasteiger partial charge in [0, 0.05) is 49.6 Å². The molecule has 0 aliphatic carbocycles. The molecule has 8 nitrogen and oxygen atoms in total. The van der Waals surface area contributed by atoms with Gasteiger partial charge in [-0.2, -0.15) is 0 Å². The molecule has 26 heavy (non-hydrogen) atoms. The first-order valence-corrected chi connectivity index (χ1v) is 8.93. The van der Waals surface area contributed by atoms with Gasteiger partial charge in [0.2, 0.25) is 17.2 Å². The monoisotopic (exact) mass is 364 g/mol. The molecule has 8 heteroatoms. The fourth-order valence-corrected chi connectivity index (χ4v) is 3.14. The zero-order valence-electron chi connectivity index (χ0n) is 15.8. The third-order valence-corrected chi connectivity index (χ3v) is 4.35. The van der Waals surface area contributed by atoms with E-state index in [0.29, 0.717) is 31.6 Å². The molecular weight excluding hydrogens is 336 g/mol. The van der Waals surface area contributed by atoms with Crippen molar-refractivity contribution in [2.45, 2.75) is 58.3 Å². The standard InChI is InChI=1S/C18H28N4O4/c1-5-17(24)21-13-6-14(18(25)20-11(2)3)22(10-13)9-12-7-15(23)16(26-4)8-19-12/h7-8,11,13-14H,5-6,9-10H2,1-4H3,(H,19,23)(H,20,25)(H,21,24)/t13-,14+/m1/s1. The number of carbonyl (C=O) groups excluding carboxylic acids is 2. The molecule has 2 heterocycles. The van der Waals surface area contributed by atoms with Crippen LogP contribution < -0.4 is 20.8 Å². The lowest BCUT2D eigenvalue weighted by Crippen LogP contribution is -2.45. The average Bonchev–Trinajstić information content (AvgIpc) is 2.96. The summed E-state index contributed by atoms with van der Waals surface area (Å²) in [6, 6.07) is 1.07. The maximum absolute atomic E-state index is 12.6. The fourth-order valence-electron chi connectivity index (χ4n) is 3.14. The third kappa shape index (κ3) is 5.08. The van der Waals surface area contributed by atoms with Crippen molar-refractivity contribution in [2.24, 2.45) is 0 Å². The Hall–Kier alpha value is -2.35. The lowest BCUT2D eigenvalue weighted by atomic mass is 10.1. The topological polar surface area (TPSA) is 104 Å². The number of pyridine rings is 1. The number of hydrogen-bond donors (Lipinski definition) is 3. The number of rotatable bonds is 7. The summed E-state index contributed by atoms with van der Waals surface area (Å²) in [5.74, 6) is 0.152. The Morgan fingerprint density at radius 1 is 1.42 bits per heavy atom. The van der Waals surface area contributed by atoms with E-state index in [0.717, 1.165) is 0 Å². The number of carbonyl (C=O) groups is 2. The number of hydrogen-bond acceptors (Lipinski definition) is 5. The van der Waals surface area contributed by atoms with E-state index in [2.05, 4.69) is 15.6 Å². The summed E-state index contributed by atoms with van der Waals surface area (Å²) in [5.41, 5.74) is 0.486. The summed E-state index contributed by atoms with van der Waals surface area (Å²) < 4.78 is 4.98. The number of aromatic nitrogens is 1. The van der Waals surface area contributed by atoms with Crippen molar-refractivity contribution >= 4 is 11.8 Å². The molecule has 2 amide bonds. The van der Waals surface area contributed by atoms with Gasteiger partial charge >= 0.3 is 0 Å². The highest BCUT2D eigenvalue weighted by Crippen LogP contribution is 2.21. The van der Waals surface area contributed by atoms with Crippen LogP contribution in [-0.4, -0.2) is 53.5 Å². The van der Waals surface area contributed by atoms with Gasteiger partial charge in [-0.1, -0.05) is 6.92 Å². The summed E-state index contributed by atoms with van der Waals surface area (Å²) in [6.07, 6.45) is 2.48. The van der Waals surface area contributed by atoms with Crippen LogP contribution in [0.4, 0.5) is 0 Å². The van der Waals surface area contributed by atoms with Gasteiger partial charge in [0.15, 0.2) is 5.75 Å². The normalized spacial score (nSPS) is 20.2. The minimum Gasteiger partial charge on any atom is -0.491 e. The highest BCUT2D eigenvalue weighted by Gasteiger charge is 2.37. The predicted octanol–water partition coefficient (Wildman–Crippen LogP) is 0.377. The summed E-state index contributed by atoms with van der Waals surface area (Å²) in [5, 5.41) is 5.89. The Morgan fingerprint density at radius 3 is 2.73 bits per heavy atom. The molecule has 0 radical (unpaired) electrons. The van der Waals surface area contributed by atoms with E-state index in [1.165, 1.54) is 19.4 Å². The Balaban J connectivity index is 2.15. The predicted molar refractivity (Wildman–Crippen MR) is 97.9 cm³/mol. The molecule has 0 saturated carbocycles. The molecule has 1 aromatic rings. The summed E-state index contributed by atoms with van der Waals surface area (Å²) in [6.45, 7) is 6.58. The number of nitrogens with one attached hydrogen (secondary N) is 3. The molecule has 0 bridgehead atoms. The highest BCUT2D eigenvalue weighted by atomic mass is 16.5. The number of amides is 2. The van der Waals surface area contributed by atoms with E-state index in [1.54, 1.807) is 6.92 Å². The molecule has 0 unspecified atom stereocenters. The van der Waals surface area contributed by atoms with Crippen molar-refractivity contribution in [3.05, 3.63) is 28.2 Å². The number of ether oxygens (including phenoxy) is 1. The number of likely N-dealkylation sites (tertiary alicyclic amines) is 1. The van der Waals surface area contributed by atoms with Crippen molar-refractivity contribution in [3.8, 4) is 5.75 Å². The molecule has 2 rings (SSSR count). The number of H-pyrrole nitrogens is 1. The lowest BCUT2D eigenvalue weighted by molar-refractivity contribution is -0.126. The van der Waals surface area contributed by atoms with Crippen LogP contribution in [-0.2, 0) is 16.1 Å². The molecule has 3 N–H and O–H groups in total. The van der Waals surface area contributed by atoms with Crippen LogP contribution in [0.2, 0.25) is 0 Å².